The smallest absolute Gasteiger partial charge is 0.275 e. The number of nitrogens with one attached hydrogen (secondary N) is 1. The van der Waals surface area contributed by atoms with Gasteiger partial charge in [-0.25, -0.2) is 8.78 Å². The number of likely N-dealkylation sites (N-methyl/N-ethyl adjacent to an activating group) is 1. The quantitative estimate of drug-likeness (QED) is 0.306. The van der Waals surface area contributed by atoms with E-state index < -0.39 is 11.8 Å². The summed E-state index contributed by atoms with van der Waals surface area (Å²) in [6.07, 6.45) is 2.93. The Bertz CT molecular complexity index is 1480. The lowest BCUT2D eigenvalue weighted by Crippen LogP contribution is -2.45. The molecule has 5 rings (SSSR count). The third kappa shape index (κ3) is 6.85. The number of pyridine rings is 1. The van der Waals surface area contributed by atoms with Gasteiger partial charge in [-0.3, -0.25) is 14.7 Å². The SMILES string of the molecule is COCCOc1cncc(C#Cc2cc(C(=O)Nc3ccc4c(c3)C(F)(F)CC4N3CCN(C)CC3)ccc2Cl)c1. The number of halogens is 3. The standard InChI is InChI=1S/C31H31ClF2N4O3/c1-37-9-11-38(12-10-37)29-18-31(33,34)27-17-24(6-7-26(27)29)36-30(39)23-5-8-28(32)22(16-23)4-3-21-15-25(20-35-19-21)41-14-13-40-2/h5-8,15-17,19-20,29H,9-14,18H2,1-2H3,(H,36,39). The average Bonchev–Trinajstić information content (AvgIpc) is 3.23. The van der Waals surface area contributed by atoms with Gasteiger partial charge < -0.3 is 19.7 Å². The predicted molar refractivity (Wildman–Crippen MR) is 154 cm³/mol. The van der Waals surface area contributed by atoms with Crippen molar-refractivity contribution in [1.82, 2.24) is 14.8 Å². The molecule has 1 fully saturated rings. The number of carbonyl (C=O) groups excluding carboxylic acids is 1. The molecule has 3 aromatic rings. The Morgan fingerprint density at radius 2 is 1.90 bits per heavy atom. The molecule has 41 heavy (non-hydrogen) atoms. The fraction of sp³-hybridized carbons (Fsp3) is 0.355. The highest BCUT2D eigenvalue weighted by molar-refractivity contribution is 6.32. The van der Waals surface area contributed by atoms with E-state index in [0.717, 1.165) is 26.2 Å². The Kier molecular flexibility index (Phi) is 8.85. The van der Waals surface area contributed by atoms with Gasteiger partial charge in [0, 0.05) is 79.9 Å². The molecule has 0 saturated carbocycles. The topological polar surface area (TPSA) is 66.9 Å². The Morgan fingerprint density at radius 3 is 2.68 bits per heavy atom. The van der Waals surface area contributed by atoms with Gasteiger partial charge in [-0.2, -0.15) is 0 Å². The van der Waals surface area contributed by atoms with E-state index in [-0.39, 0.29) is 18.0 Å². The number of carbonyl (C=O) groups is 1. The van der Waals surface area contributed by atoms with E-state index in [4.69, 9.17) is 21.1 Å². The monoisotopic (exact) mass is 580 g/mol. The van der Waals surface area contributed by atoms with Crippen molar-refractivity contribution in [2.45, 2.75) is 18.4 Å². The van der Waals surface area contributed by atoms with Crippen LogP contribution in [0.3, 0.4) is 0 Å². The summed E-state index contributed by atoms with van der Waals surface area (Å²) in [6.45, 7) is 4.04. The highest BCUT2D eigenvalue weighted by Gasteiger charge is 2.47. The molecule has 0 radical (unpaired) electrons. The highest BCUT2D eigenvalue weighted by Crippen LogP contribution is 2.50. The van der Waals surface area contributed by atoms with Crippen LogP contribution in [0.4, 0.5) is 14.5 Å². The minimum atomic E-state index is -2.96. The summed E-state index contributed by atoms with van der Waals surface area (Å²) >= 11 is 6.35. The van der Waals surface area contributed by atoms with E-state index in [2.05, 4.69) is 31.9 Å². The van der Waals surface area contributed by atoms with Crippen LogP contribution in [0, 0.1) is 11.8 Å². The molecule has 1 atom stereocenters. The Hall–Kier alpha value is -3.55. The Balaban J connectivity index is 1.30. The average molecular weight is 581 g/mol. The molecule has 1 unspecified atom stereocenters. The number of hydrogen-bond acceptors (Lipinski definition) is 6. The molecule has 1 aromatic heterocycles. The molecular formula is C31H31ClF2N4O3. The summed E-state index contributed by atoms with van der Waals surface area (Å²) < 4.78 is 40.7. The van der Waals surface area contributed by atoms with Gasteiger partial charge in [0.1, 0.15) is 12.4 Å². The molecule has 2 aliphatic rings. The third-order valence-corrected chi connectivity index (χ3v) is 7.66. The van der Waals surface area contributed by atoms with Crippen LogP contribution in [-0.4, -0.2) is 74.2 Å². The van der Waals surface area contributed by atoms with Gasteiger partial charge in [0.25, 0.3) is 11.8 Å². The van der Waals surface area contributed by atoms with Gasteiger partial charge in [0.15, 0.2) is 0 Å². The number of fused-ring (bicyclic) bond motifs is 1. The number of nitrogens with zero attached hydrogens (tertiary/aromatic N) is 3. The van der Waals surface area contributed by atoms with Gasteiger partial charge in [-0.05, 0) is 49.0 Å². The van der Waals surface area contributed by atoms with Crippen molar-refractivity contribution < 1.29 is 23.0 Å². The number of hydrogen-bond donors (Lipinski definition) is 1. The molecule has 1 aliphatic heterocycles. The first-order valence-electron chi connectivity index (χ1n) is 13.4. The van der Waals surface area contributed by atoms with Crippen molar-refractivity contribution >= 4 is 23.2 Å². The molecule has 2 aromatic carbocycles. The van der Waals surface area contributed by atoms with Gasteiger partial charge >= 0.3 is 0 Å². The van der Waals surface area contributed by atoms with E-state index in [9.17, 15) is 4.79 Å². The summed E-state index contributed by atoms with van der Waals surface area (Å²) in [4.78, 5) is 21.6. The van der Waals surface area contributed by atoms with Crippen LogP contribution in [0.25, 0.3) is 0 Å². The number of piperazine rings is 1. The van der Waals surface area contributed by atoms with Gasteiger partial charge in [0.05, 0.1) is 17.8 Å². The van der Waals surface area contributed by atoms with Crippen molar-refractivity contribution in [3.63, 3.8) is 0 Å². The molecule has 2 heterocycles. The molecule has 10 heteroatoms. The number of aromatic nitrogens is 1. The van der Waals surface area contributed by atoms with Crippen LogP contribution in [0.5, 0.6) is 5.75 Å². The third-order valence-electron chi connectivity index (χ3n) is 7.33. The minimum absolute atomic E-state index is 0.0241. The summed E-state index contributed by atoms with van der Waals surface area (Å²) in [5.74, 6) is 3.11. The number of amides is 1. The van der Waals surface area contributed by atoms with Crippen molar-refractivity contribution in [1.29, 1.82) is 0 Å². The van der Waals surface area contributed by atoms with Crippen LogP contribution >= 0.6 is 11.6 Å². The minimum Gasteiger partial charge on any atom is -0.490 e. The second-order valence-corrected chi connectivity index (χ2v) is 10.6. The number of anilines is 1. The van der Waals surface area contributed by atoms with Gasteiger partial charge in [0.2, 0.25) is 0 Å². The van der Waals surface area contributed by atoms with Crippen molar-refractivity contribution in [3.8, 4) is 17.6 Å². The van der Waals surface area contributed by atoms with Crippen molar-refractivity contribution in [2.75, 3.05) is 58.9 Å². The lowest BCUT2D eigenvalue weighted by molar-refractivity contribution is -0.0257. The molecule has 1 aliphatic carbocycles. The van der Waals surface area contributed by atoms with Crippen molar-refractivity contribution in [2.24, 2.45) is 0 Å². The molecule has 0 spiro atoms. The van der Waals surface area contributed by atoms with E-state index in [1.807, 2.05) is 7.05 Å². The Morgan fingerprint density at radius 1 is 1.10 bits per heavy atom. The van der Waals surface area contributed by atoms with Crippen molar-refractivity contribution in [3.05, 3.63) is 87.7 Å². The maximum absolute atomic E-state index is 15.1. The van der Waals surface area contributed by atoms with Gasteiger partial charge in [-0.15, -0.1) is 0 Å². The molecule has 1 saturated heterocycles. The molecule has 1 amide bonds. The second-order valence-electron chi connectivity index (χ2n) is 10.2. The summed E-state index contributed by atoms with van der Waals surface area (Å²) in [5.41, 5.74) is 2.27. The maximum atomic E-state index is 15.1. The van der Waals surface area contributed by atoms with E-state index in [1.165, 1.54) is 6.07 Å². The lowest BCUT2D eigenvalue weighted by atomic mass is 10.0. The van der Waals surface area contributed by atoms with E-state index in [0.29, 0.717) is 51.9 Å². The second kappa shape index (κ2) is 12.5. The number of benzene rings is 2. The molecule has 214 valence electrons. The fourth-order valence-corrected chi connectivity index (χ4v) is 5.24. The van der Waals surface area contributed by atoms with Gasteiger partial charge in [-0.1, -0.05) is 29.5 Å². The molecule has 7 nitrogen and oxygen atoms in total. The van der Waals surface area contributed by atoms with E-state index >= 15 is 8.78 Å². The summed E-state index contributed by atoms with van der Waals surface area (Å²) in [5, 5.41) is 3.13. The summed E-state index contributed by atoms with van der Waals surface area (Å²) in [6, 6.07) is 10.9. The number of ether oxygens (including phenoxy) is 2. The predicted octanol–water partition coefficient (Wildman–Crippen LogP) is 5.20. The Labute approximate surface area is 243 Å². The van der Waals surface area contributed by atoms with Crippen LogP contribution < -0.4 is 10.1 Å². The zero-order chi connectivity index (χ0) is 29.0. The van der Waals surface area contributed by atoms with Crippen LogP contribution in [0.2, 0.25) is 5.02 Å². The lowest BCUT2D eigenvalue weighted by Gasteiger charge is -2.36. The van der Waals surface area contributed by atoms with Crippen LogP contribution in [-0.2, 0) is 10.7 Å². The number of methoxy groups -OCH3 is 1. The first-order chi connectivity index (χ1) is 19.7. The van der Waals surface area contributed by atoms with Crippen LogP contribution in [0.15, 0.2) is 54.9 Å². The normalized spacial score (nSPS) is 18.3. The number of rotatable bonds is 7. The highest BCUT2D eigenvalue weighted by atomic mass is 35.5. The largest absolute Gasteiger partial charge is 0.490 e. The zero-order valence-corrected chi connectivity index (χ0v) is 23.7. The zero-order valence-electron chi connectivity index (χ0n) is 22.9. The van der Waals surface area contributed by atoms with Crippen LogP contribution in [0.1, 0.15) is 45.1 Å². The molecule has 0 bridgehead atoms. The van der Waals surface area contributed by atoms with E-state index in [1.54, 1.807) is 55.9 Å². The fourth-order valence-electron chi connectivity index (χ4n) is 5.08. The summed E-state index contributed by atoms with van der Waals surface area (Å²) in [7, 11) is 3.63. The first-order valence-corrected chi connectivity index (χ1v) is 13.8. The first kappa shape index (κ1) is 29.0. The molecular weight excluding hydrogens is 550 g/mol. The maximum Gasteiger partial charge on any atom is 0.275 e. The number of alkyl halides is 2. The molecule has 1 N–H and O–H groups in total.